The third-order valence-corrected chi connectivity index (χ3v) is 5.10. The van der Waals surface area contributed by atoms with Crippen molar-refractivity contribution in [2.24, 2.45) is 0 Å². The van der Waals surface area contributed by atoms with Gasteiger partial charge < -0.3 is 19.5 Å². The SMILES string of the molecule is CCOC(=O)c1c(NC(=O)C[n+]2cccc(C)c2)sc(C(=O)OCCOC)c1C. The van der Waals surface area contributed by atoms with Crippen LogP contribution in [0.25, 0.3) is 0 Å². The number of nitrogens with one attached hydrogen (secondary N) is 1. The van der Waals surface area contributed by atoms with Crippen LogP contribution in [0.2, 0.25) is 0 Å². The summed E-state index contributed by atoms with van der Waals surface area (Å²) in [6.07, 6.45) is 3.61. The molecule has 2 aromatic heterocycles. The van der Waals surface area contributed by atoms with Gasteiger partial charge in [-0.1, -0.05) is 0 Å². The zero-order valence-corrected chi connectivity index (χ0v) is 17.8. The standard InChI is InChI=1S/C20H24N2O6S/c1-5-27-19(24)16-14(3)17(20(25)28-10-9-26-4)29-18(16)21-15(23)12-22-8-6-7-13(2)11-22/h6-8,11H,5,9-10,12H2,1-4H3/p+1. The van der Waals surface area contributed by atoms with Crippen molar-refractivity contribution in [2.75, 3.05) is 32.2 Å². The average Bonchev–Trinajstić information content (AvgIpc) is 2.98. The molecule has 9 heteroatoms. The second kappa shape index (κ2) is 10.7. The van der Waals surface area contributed by atoms with Gasteiger partial charge in [0.1, 0.15) is 16.5 Å². The third kappa shape index (κ3) is 6.10. The van der Waals surface area contributed by atoms with Crippen LogP contribution in [0.5, 0.6) is 0 Å². The molecule has 29 heavy (non-hydrogen) atoms. The summed E-state index contributed by atoms with van der Waals surface area (Å²) < 4.78 is 16.8. The Kier molecular flexibility index (Phi) is 8.29. The molecule has 0 bridgehead atoms. The first-order valence-corrected chi connectivity index (χ1v) is 9.91. The lowest BCUT2D eigenvalue weighted by molar-refractivity contribution is -0.684. The summed E-state index contributed by atoms with van der Waals surface area (Å²) in [5.41, 5.74) is 1.59. The van der Waals surface area contributed by atoms with Gasteiger partial charge >= 0.3 is 11.9 Å². The first-order chi connectivity index (χ1) is 13.9. The van der Waals surface area contributed by atoms with E-state index in [1.807, 2.05) is 25.3 Å². The first-order valence-electron chi connectivity index (χ1n) is 9.09. The van der Waals surface area contributed by atoms with Crippen LogP contribution in [0.1, 0.15) is 38.1 Å². The molecule has 1 N–H and O–H groups in total. The van der Waals surface area contributed by atoms with Gasteiger partial charge in [-0.15, -0.1) is 11.3 Å². The minimum atomic E-state index is -0.601. The first kappa shape index (κ1) is 22.5. The second-order valence-corrected chi connectivity index (χ2v) is 7.23. The van der Waals surface area contributed by atoms with E-state index in [2.05, 4.69) is 5.32 Å². The van der Waals surface area contributed by atoms with Crippen LogP contribution in [0.3, 0.4) is 0 Å². The van der Waals surface area contributed by atoms with E-state index < -0.39 is 11.9 Å². The van der Waals surface area contributed by atoms with Crippen molar-refractivity contribution >= 4 is 34.2 Å². The maximum absolute atomic E-state index is 12.5. The van der Waals surface area contributed by atoms with E-state index in [0.717, 1.165) is 16.9 Å². The number of rotatable bonds is 9. The zero-order valence-electron chi connectivity index (χ0n) is 16.9. The topological polar surface area (TPSA) is 94.8 Å². The molecular formula is C20H25N2O6S+. The van der Waals surface area contributed by atoms with Crippen molar-refractivity contribution in [1.29, 1.82) is 0 Å². The number of aryl methyl sites for hydroxylation is 1. The van der Waals surface area contributed by atoms with Crippen LogP contribution < -0.4 is 9.88 Å². The van der Waals surface area contributed by atoms with Gasteiger partial charge in [0, 0.05) is 18.7 Å². The molecule has 8 nitrogen and oxygen atoms in total. The van der Waals surface area contributed by atoms with E-state index in [0.29, 0.717) is 5.56 Å². The Bertz CT molecular complexity index is 893. The normalized spacial score (nSPS) is 10.5. The average molecular weight is 421 g/mol. The van der Waals surface area contributed by atoms with Crippen molar-refractivity contribution in [3.63, 3.8) is 0 Å². The van der Waals surface area contributed by atoms with Gasteiger partial charge in [-0.05, 0) is 32.4 Å². The molecule has 0 aliphatic rings. The smallest absolute Gasteiger partial charge is 0.348 e. The summed E-state index contributed by atoms with van der Waals surface area (Å²) in [5.74, 6) is -1.51. The number of amides is 1. The van der Waals surface area contributed by atoms with Crippen molar-refractivity contribution in [1.82, 2.24) is 0 Å². The Hall–Kier alpha value is -2.78. The number of thiophene rings is 1. The fourth-order valence-corrected chi connectivity index (χ4v) is 3.72. The summed E-state index contributed by atoms with van der Waals surface area (Å²) in [6.45, 7) is 5.83. The molecule has 0 aliphatic carbocycles. The summed E-state index contributed by atoms with van der Waals surface area (Å²) in [6, 6.07) is 3.77. The van der Waals surface area contributed by atoms with Crippen LogP contribution in [0.4, 0.5) is 5.00 Å². The lowest BCUT2D eigenvalue weighted by Crippen LogP contribution is -2.39. The lowest BCUT2D eigenvalue weighted by Gasteiger charge is -2.06. The number of methoxy groups -OCH3 is 1. The van der Waals surface area contributed by atoms with Gasteiger partial charge in [0.05, 0.1) is 18.8 Å². The number of ether oxygens (including phenoxy) is 3. The largest absolute Gasteiger partial charge is 0.462 e. The van der Waals surface area contributed by atoms with Crippen LogP contribution in [0, 0.1) is 13.8 Å². The Morgan fingerprint density at radius 2 is 1.90 bits per heavy atom. The number of hydrogen-bond donors (Lipinski definition) is 1. The summed E-state index contributed by atoms with van der Waals surface area (Å²) in [7, 11) is 1.50. The summed E-state index contributed by atoms with van der Waals surface area (Å²) >= 11 is 0.991. The number of pyridine rings is 1. The van der Waals surface area contributed by atoms with E-state index in [1.54, 1.807) is 24.6 Å². The maximum atomic E-state index is 12.5. The van der Waals surface area contributed by atoms with Crippen LogP contribution >= 0.6 is 11.3 Å². The van der Waals surface area contributed by atoms with Crippen LogP contribution in [0.15, 0.2) is 24.5 Å². The molecule has 0 aromatic carbocycles. The molecule has 0 fully saturated rings. The summed E-state index contributed by atoms with van der Waals surface area (Å²) in [5, 5.41) is 2.99. The quantitative estimate of drug-likeness (QED) is 0.379. The lowest BCUT2D eigenvalue weighted by atomic mass is 10.1. The predicted octanol–water partition coefficient (Wildman–Crippen LogP) is 2.27. The number of aromatic nitrogens is 1. The Morgan fingerprint density at radius 3 is 2.55 bits per heavy atom. The van der Waals surface area contributed by atoms with Gasteiger partial charge in [0.25, 0.3) is 5.91 Å². The Morgan fingerprint density at radius 1 is 1.14 bits per heavy atom. The molecule has 2 heterocycles. The molecule has 0 radical (unpaired) electrons. The van der Waals surface area contributed by atoms with Gasteiger partial charge in [-0.25, -0.2) is 9.59 Å². The molecule has 156 valence electrons. The molecule has 0 saturated carbocycles. The molecule has 0 unspecified atom stereocenters. The highest BCUT2D eigenvalue weighted by atomic mass is 32.1. The maximum Gasteiger partial charge on any atom is 0.348 e. The van der Waals surface area contributed by atoms with Gasteiger partial charge in [0.2, 0.25) is 6.54 Å². The highest BCUT2D eigenvalue weighted by molar-refractivity contribution is 7.18. The monoisotopic (exact) mass is 421 g/mol. The van der Waals surface area contributed by atoms with E-state index in [4.69, 9.17) is 14.2 Å². The number of carbonyl (C=O) groups excluding carboxylic acids is 3. The molecule has 2 aromatic rings. The number of carbonyl (C=O) groups is 3. The van der Waals surface area contributed by atoms with Crippen molar-refractivity contribution in [3.05, 3.63) is 46.1 Å². The molecule has 0 saturated heterocycles. The number of nitrogens with zero attached hydrogens (tertiary/aromatic N) is 1. The highest BCUT2D eigenvalue weighted by Crippen LogP contribution is 2.34. The number of hydrogen-bond acceptors (Lipinski definition) is 7. The third-order valence-electron chi connectivity index (χ3n) is 3.92. The van der Waals surface area contributed by atoms with Gasteiger partial charge in [-0.3, -0.25) is 4.79 Å². The molecule has 0 atom stereocenters. The number of esters is 2. The van der Waals surface area contributed by atoms with E-state index in [1.165, 1.54) is 7.11 Å². The highest BCUT2D eigenvalue weighted by Gasteiger charge is 2.28. The Labute approximate surface area is 173 Å². The van der Waals surface area contributed by atoms with E-state index in [9.17, 15) is 14.4 Å². The Balaban J connectivity index is 2.25. The molecule has 2 rings (SSSR count). The minimum absolute atomic E-state index is 0.0640. The molecule has 1 amide bonds. The second-order valence-electron chi connectivity index (χ2n) is 6.21. The van der Waals surface area contributed by atoms with Crippen molar-refractivity contribution in [2.45, 2.75) is 27.3 Å². The molecule has 0 spiro atoms. The molecular weight excluding hydrogens is 396 g/mol. The molecule has 0 aliphatic heterocycles. The van der Waals surface area contributed by atoms with Crippen LogP contribution in [-0.2, 0) is 25.5 Å². The van der Waals surface area contributed by atoms with Crippen LogP contribution in [-0.4, -0.2) is 44.8 Å². The fourth-order valence-electron chi connectivity index (χ4n) is 2.61. The van der Waals surface area contributed by atoms with Gasteiger partial charge in [0.15, 0.2) is 12.4 Å². The van der Waals surface area contributed by atoms with Crippen molar-refractivity contribution < 1.29 is 33.2 Å². The van der Waals surface area contributed by atoms with Gasteiger partial charge in [-0.2, -0.15) is 4.57 Å². The minimum Gasteiger partial charge on any atom is -0.462 e. The summed E-state index contributed by atoms with van der Waals surface area (Å²) in [4.78, 5) is 37.5. The zero-order chi connectivity index (χ0) is 21.4. The predicted molar refractivity (Wildman–Crippen MR) is 107 cm³/mol. The fraction of sp³-hybridized carbons (Fsp3) is 0.400. The van der Waals surface area contributed by atoms with E-state index in [-0.39, 0.29) is 47.7 Å². The van der Waals surface area contributed by atoms with Crippen molar-refractivity contribution in [3.8, 4) is 0 Å². The van der Waals surface area contributed by atoms with E-state index >= 15 is 0 Å². The number of anilines is 1.